The molecule has 5 nitrogen and oxygen atoms in total. The number of hydrogen-bond donors (Lipinski definition) is 1. The smallest absolute Gasteiger partial charge is 0.308 e. The van der Waals surface area contributed by atoms with Crippen LogP contribution in [0.2, 0.25) is 0 Å². The van der Waals surface area contributed by atoms with Gasteiger partial charge in [0.1, 0.15) is 0 Å². The normalized spacial score (nSPS) is 22.9. The monoisotopic (exact) mass is 330 g/mol. The van der Waals surface area contributed by atoms with Gasteiger partial charge in [-0.15, -0.1) is 0 Å². The van der Waals surface area contributed by atoms with E-state index in [2.05, 4.69) is 29.2 Å². The predicted octanol–water partition coefficient (Wildman–Crippen LogP) is 2.22. The summed E-state index contributed by atoms with van der Waals surface area (Å²) in [5, 5.41) is 9.03. The molecule has 2 heterocycles. The first-order chi connectivity index (χ1) is 11.6. The predicted molar refractivity (Wildman–Crippen MR) is 91.4 cm³/mol. The van der Waals surface area contributed by atoms with Gasteiger partial charge in [-0.05, 0) is 43.8 Å². The van der Waals surface area contributed by atoms with Crippen LogP contribution in [-0.2, 0) is 16.1 Å². The standard InChI is InChI=1S/C19H26N2O3/c22-18-12-17(19(23)24)14-21(18)11-8-15-6-9-20(10-7-15)13-16-4-2-1-3-5-16/h1-5,15,17H,6-14H2,(H,23,24). The summed E-state index contributed by atoms with van der Waals surface area (Å²) in [6.45, 7) is 4.32. The van der Waals surface area contributed by atoms with Crippen molar-refractivity contribution in [3.05, 3.63) is 35.9 Å². The number of likely N-dealkylation sites (tertiary alicyclic amines) is 2. The first kappa shape index (κ1) is 17.0. The maximum Gasteiger partial charge on any atom is 0.308 e. The molecule has 130 valence electrons. The third-order valence-corrected chi connectivity index (χ3v) is 5.33. The summed E-state index contributed by atoms with van der Waals surface area (Å²) < 4.78 is 0. The summed E-state index contributed by atoms with van der Waals surface area (Å²) >= 11 is 0. The number of carbonyl (C=O) groups is 2. The minimum atomic E-state index is -0.847. The number of piperidine rings is 1. The van der Waals surface area contributed by atoms with Crippen LogP contribution in [0.4, 0.5) is 0 Å². The number of aliphatic carboxylic acids is 1. The molecule has 1 N–H and O–H groups in total. The maximum absolute atomic E-state index is 11.9. The van der Waals surface area contributed by atoms with E-state index in [0.717, 1.165) is 38.9 Å². The van der Waals surface area contributed by atoms with Crippen molar-refractivity contribution in [3.8, 4) is 0 Å². The van der Waals surface area contributed by atoms with Gasteiger partial charge in [0.05, 0.1) is 5.92 Å². The lowest BCUT2D eigenvalue weighted by atomic mass is 9.93. The second kappa shape index (κ2) is 7.79. The van der Waals surface area contributed by atoms with Crippen molar-refractivity contribution >= 4 is 11.9 Å². The van der Waals surface area contributed by atoms with Crippen molar-refractivity contribution < 1.29 is 14.7 Å². The molecule has 5 heteroatoms. The van der Waals surface area contributed by atoms with Crippen LogP contribution in [0.15, 0.2) is 30.3 Å². The lowest BCUT2D eigenvalue weighted by Crippen LogP contribution is -2.35. The minimum Gasteiger partial charge on any atom is -0.481 e. The van der Waals surface area contributed by atoms with E-state index in [1.807, 2.05) is 6.07 Å². The van der Waals surface area contributed by atoms with Gasteiger partial charge in [0.25, 0.3) is 0 Å². The van der Waals surface area contributed by atoms with Crippen LogP contribution in [0.3, 0.4) is 0 Å². The zero-order valence-electron chi connectivity index (χ0n) is 14.1. The number of rotatable bonds is 6. The summed E-state index contributed by atoms with van der Waals surface area (Å²) in [7, 11) is 0. The van der Waals surface area contributed by atoms with E-state index in [9.17, 15) is 9.59 Å². The molecule has 2 aliphatic rings. The van der Waals surface area contributed by atoms with E-state index in [4.69, 9.17) is 5.11 Å². The third-order valence-electron chi connectivity index (χ3n) is 5.33. The molecule has 1 aromatic rings. The van der Waals surface area contributed by atoms with Gasteiger partial charge in [0.15, 0.2) is 0 Å². The van der Waals surface area contributed by atoms with Crippen LogP contribution in [0, 0.1) is 11.8 Å². The van der Waals surface area contributed by atoms with E-state index in [-0.39, 0.29) is 12.3 Å². The van der Waals surface area contributed by atoms with Gasteiger partial charge in [0, 0.05) is 26.1 Å². The largest absolute Gasteiger partial charge is 0.481 e. The Bertz CT molecular complexity index is 567. The molecule has 1 atom stereocenters. The summed E-state index contributed by atoms with van der Waals surface area (Å²) in [5.41, 5.74) is 1.36. The molecule has 2 fully saturated rings. The fourth-order valence-electron chi connectivity index (χ4n) is 3.77. The molecule has 0 spiro atoms. The third kappa shape index (κ3) is 4.35. The number of benzene rings is 1. The Morgan fingerprint density at radius 3 is 2.50 bits per heavy atom. The van der Waals surface area contributed by atoms with Crippen LogP contribution in [-0.4, -0.2) is 53.0 Å². The molecule has 0 saturated carbocycles. The zero-order valence-corrected chi connectivity index (χ0v) is 14.1. The Morgan fingerprint density at radius 1 is 1.17 bits per heavy atom. The molecule has 0 bridgehead atoms. The highest BCUT2D eigenvalue weighted by Gasteiger charge is 2.34. The number of nitrogens with zero attached hydrogens (tertiary/aromatic N) is 2. The minimum absolute atomic E-state index is 0.00362. The number of carboxylic acid groups (broad SMARTS) is 1. The van der Waals surface area contributed by atoms with Crippen molar-refractivity contribution in [2.24, 2.45) is 11.8 Å². The van der Waals surface area contributed by atoms with Crippen molar-refractivity contribution in [2.75, 3.05) is 26.2 Å². The summed E-state index contributed by atoms with van der Waals surface area (Å²) in [5.74, 6) is -0.706. The SMILES string of the molecule is O=C(O)C1CC(=O)N(CCC2CCN(Cc3ccccc3)CC2)C1. The number of hydrogen-bond acceptors (Lipinski definition) is 3. The maximum atomic E-state index is 11.9. The first-order valence-corrected chi connectivity index (χ1v) is 8.88. The topological polar surface area (TPSA) is 60.9 Å². The highest BCUT2D eigenvalue weighted by molar-refractivity contribution is 5.86. The zero-order chi connectivity index (χ0) is 16.9. The molecule has 1 unspecified atom stereocenters. The summed E-state index contributed by atoms with van der Waals surface area (Å²) in [4.78, 5) is 27.1. The van der Waals surface area contributed by atoms with Gasteiger partial charge in [0.2, 0.25) is 5.91 Å². The average Bonchev–Trinajstić information content (AvgIpc) is 2.96. The van der Waals surface area contributed by atoms with E-state index >= 15 is 0 Å². The lowest BCUT2D eigenvalue weighted by Gasteiger charge is -2.32. The highest BCUT2D eigenvalue weighted by Crippen LogP contribution is 2.24. The van der Waals surface area contributed by atoms with Crippen molar-refractivity contribution in [1.82, 2.24) is 9.80 Å². The summed E-state index contributed by atoms with van der Waals surface area (Å²) in [6.07, 6.45) is 3.50. The number of carboxylic acids is 1. The van der Waals surface area contributed by atoms with Gasteiger partial charge in [-0.2, -0.15) is 0 Å². The fourth-order valence-corrected chi connectivity index (χ4v) is 3.77. The Hall–Kier alpha value is -1.88. The fraction of sp³-hybridized carbons (Fsp3) is 0.579. The van der Waals surface area contributed by atoms with Crippen LogP contribution < -0.4 is 0 Å². The molecule has 1 amide bonds. The van der Waals surface area contributed by atoms with Gasteiger partial charge < -0.3 is 10.0 Å². The molecule has 2 saturated heterocycles. The van der Waals surface area contributed by atoms with E-state index in [1.54, 1.807) is 4.90 Å². The van der Waals surface area contributed by atoms with Gasteiger partial charge in [-0.3, -0.25) is 14.5 Å². The Morgan fingerprint density at radius 2 is 1.88 bits per heavy atom. The molecule has 0 aliphatic carbocycles. The quantitative estimate of drug-likeness (QED) is 0.869. The van der Waals surface area contributed by atoms with Gasteiger partial charge in [-0.25, -0.2) is 0 Å². The summed E-state index contributed by atoms with van der Waals surface area (Å²) in [6, 6.07) is 10.6. The number of carbonyl (C=O) groups excluding carboxylic acids is 1. The number of amides is 1. The molecule has 2 aliphatic heterocycles. The lowest BCUT2D eigenvalue weighted by molar-refractivity contribution is -0.141. The molecular weight excluding hydrogens is 304 g/mol. The van der Waals surface area contributed by atoms with Gasteiger partial charge >= 0.3 is 5.97 Å². The van der Waals surface area contributed by atoms with Crippen molar-refractivity contribution in [1.29, 1.82) is 0 Å². The molecule has 0 radical (unpaired) electrons. The Balaban J connectivity index is 1.38. The van der Waals surface area contributed by atoms with Crippen molar-refractivity contribution in [3.63, 3.8) is 0 Å². The van der Waals surface area contributed by atoms with Crippen LogP contribution in [0.5, 0.6) is 0 Å². The Labute approximate surface area is 143 Å². The van der Waals surface area contributed by atoms with Crippen LogP contribution >= 0.6 is 0 Å². The van der Waals surface area contributed by atoms with Crippen LogP contribution in [0.25, 0.3) is 0 Å². The molecular formula is C19H26N2O3. The second-order valence-corrected chi connectivity index (χ2v) is 7.07. The molecule has 3 rings (SSSR count). The van der Waals surface area contributed by atoms with E-state index in [0.29, 0.717) is 19.0 Å². The van der Waals surface area contributed by atoms with Crippen LogP contribution in [0.1, 0.15) is 31.2 Å². The van der Waals surface area contributed by atoms with E-state index in [1.165, 1.54) is 5.56 Å². The molecule has 24 heavy (non-hydrogen) atoms. The van der Waals surface area contributed by atoms with E-state index < -0.39 is 11.9 Å². The first-order valence-electron chi connectivity index (χ1n) is 8.88. The van der Waals surface area contributed by atoms with Crippen molar-refractivity contribution in [2.45, 2.75) is 32.2 Å². The molecule has 0 aromatic heterocycles. The average molecular weight is 330 g/mol. The highest BCUT2D eigenvalue weighted by atomic mass is 16.4. The molecule has 1 aromatic carbocycles. The Kier molecular flexibility index (Phi) is 5.51. The second-order valence-electron chi connectivity index (χ2n) is 7.07. The van der Waals surface area contributed by atoms with Gasteiger partial charge in [-0.1, -0.05) is 30.3 Å².